The topological polar surface area (TPSA) is 66.7 Å². The average molecular weight is 404 g/mol. The highest BCUT2D eigenvalue weighted by molar-refractivity contribution is 6.31. The summed E-state index contributed by atoms with van der Waals surface area (Å²) in [5.41, 5.74) is 1.45. The number of hydrogen-bond donors (Lipinski definition) is 0. The van der Waals surface area contributed by atoms with Gasteiger partial charge in [0.05, 0.1) is 4.92 Å². The van der Waals surface area contributed by atoms with E-state index in [-0.39, 0.29) is 17.4 Å². The summed E-state index contributed by atoms with van der Waals surface area (Å²) in [5, 5.41) is 11.2. The highest BCUT2D eigenvalue weighted by Gasteiger charge is 2.20. The summed E-state index contributed by atoms with van der Waals surface area (Å²) in [7, 11) is 0. The van der Waals surface area contributed by atoms with E-state index in [1.807, 2.05) is 0 Å². The lowest BCUT2D eigenvalue weighted by Crippen LogP contribution is -2.47. The molecule has 1 amide bonds. The molecule has 0 atom stereocenters. The van der Waals surface area contributed by atoms with E-state index in [2.05, 4.69) is 4.90 Å². The zero-order chi connectivity index (χ0) is 20.1. The molecule has 2 aromatic rings. The van der Waals surface area contributed by atoms with Crippen LogP contribution in [0, 0.1) is 15.9 Å². The Labute approximate surface area is 167 Å². The quantitative estimate of drug-likeness (QED) is 0.433. The first kappa shape index (κ1) is 20.0. The van der Waals surface area contributed by atoms with Gasteiger partial charge in [0.15, 0.2) is 0 Å². The number of nitro groups is 1. The van der Waals surface area contributed by atoms with Gasteiger partial charge in [0, 0.05) is 56.0 Å². The smallest absolute Gasteiger partial charge is 0.270 e. The van der Waals surface area contributed by atoms with Crippen LogP contribution >= 0.6 is 11.6 Å². The Morgan fingerprint density at radius 2 is 1.93 bits per heavy atom. The Morgan fingerprint density at radius 3 is 2.61 bits per heavy atom. The van der Waals surface area contributed by atoms with Crippen LogP contribution < -0.4 is 0 Å². The fourth-order valence-electron chi connectivity index (χ4n) is 3.03. The van der Waals surface area contributed by atoms with E-state index in [4.69, 9.17) is 11.6 Å². The van der Waals surface area contributed by atoms with Gasteiger partial charge < -0.3 is 4.90 Å². The van der Waals surface area contributed by atoms with Crippen molar-refractivity contribution < 1.29 is 14.1 Å². The van der Waals surface area contributed by atoms with Gasteiger partial charge >= 0.3 is 0 Å². The van der Waals surface area contributed by atoms with Gasteiger partial charge in [0.1, 0.15) is 5.82 Å². The summed E-state index contributed by atoms with van der Waals surface area (Å²) >= 11 is 6.08. The Bertz CT molecular complexity index is 911. The number of benzene rings is 2. The van der Waals surface area contributed by atoms with Gasteiger partial charge in [-0.1, -0.05) is 29.8 Å². The van der Waals surface area contributed by atoms with E-state index in [1.165, 1.54) is 30.3 Å². The normalized spacial score (nSPS) is 15.1. The number of non-ortho nitro benzene ring substituents is 1. The van der Waals surface area contributed by atoms with Crippen LogP contribution in [0.5, 0.6) is 0 Å². The molecule has 1 saturated heterocycles. The van der Waals surface area contributed by atoms with E-state index >= 15 is 0 Å². The molecule has 0 bridgehead atoms. The van der Waals surface area contributed by atoms with Crippen molar-refractivity contribution in [3.05, 3.63) is 80.6 Å². The lowest BCUT2D eigenvalue weighted by atomic mass is 10.1. The van der Waals surface area contributed by atoms with Crippen LogP contribution in [0.15, 0.2) is 48.5 Å². The predicted octanol–water partition coefficient (Wildman–Crippen LogP) is 3.74. The Balaban J connectivity index is 1.53. The third-order valence-corrected chi connectivity index (χ3v) is 4.94. The minimum atomic E-state index is -0.467. The maximum Gasteiger partial charge on any atom is 0.270 e. The van der Waals surface area contributed by atoms with Crippen molar-refractivity contribution in [2.75, 3.05) is 26.2 Å². The van der Waals surface area contributed by atoms with Gasteiger partial charge in [0.25, 0.3) is 5.69 Å². The Hall–Kier alpha value is -2.77. The first-order valence-corrected chi connectivity index (χ1v) is 9.18. The molecule has 8 heteroatoms. The third-order valence-electron chi connectivity index (χ3n) is 4.59. The van der Waals surface area contributed by atoms with Crippen LogP contribution in [-0.2, 0) is 11.3 Å². The molecule has 1 heterocycles. The molecule has 3 rings (SSSR count). The average Bonchev–Trinajstić information content (AvgIpc) is 2.69. The van der Waals surface area contributed by atoms with Crippen LogP contribution in [0.3, 0.4) is 0 Å². The standard InChI is InChI=1S/C20H19ClFN3O3/c21-19-13-17(22)6-5-16(19)14-23-8-10-24(11-9-23)20(26)7-4-15-2-1-3-18(12-15)25(27)28/h1-7,12-13H,8-11,14H2/b7-4+. The number of nitrogens with zero attached hydrogens (tertiary/aromatic N) is 3. The first-order valence-electron chi connectivity index (χ1n) is 8.80. The fraction of sp³-hybridized carbons (Fsp3) is 0.250. The summed E-state index contributed by atoms with van der Waals surface area (Å²) in [6.07, 6.45) is 3.02. The van der Waals surface area contributed by atoms with Crippen molar-refractivity contribution in [2.24, 2.45) is 0 Å². The molecular weight excluding hydrogens is 385 g/mol. The van der Waals surface area contributed by atoms with Gasteiger partial charge in [0.2, 0.25) is 5.91 Å². The van der Waals surface area contributed by atoms with Crippen molar-refractivity contribution in [1.29, 1.82) is 0 Å². The summed E-state index contributed by atoms with van der Waals surface area (Å²) in [6, 6.07) is 10.5. The molecule has 0 N–H and O–H groups in total. The lowest BCUT2D eigenvalue weighted by Gasteiger charge is -2.34. The van der Waals surface area contributed by atoms with Crippen LogP contribution in [0.4, 0.5) is 10.1 Å². The summed E-state index contributed by atoms with van der Waals surface area (Å²) < 4.78 is 13.1. The van der Waals surface area contributed by atoms with Crippen LogP contribution in [0.2, 0.25) is 5.02 Å². The van der Waals surface area contributed by atoms with E-state index in [0.29, 0.717) is 43.3 Å². The molecular formula is C20H19ClFN3O3. The molecule has 28 heavy (non-hydrogen) atoms. The molecule has 1 aliphatic rings. The van der Waals surface area contributed by atoms with Crippen LogP contribution in [0.1, 0.15) is 11.1 Å². The SMILES string of the molecule is O=C(/C=C/c1cccc([N+](=O)[O-])c1)N1CCN(Cc2ccc(F)cc2Cl)CC1. The maximum atomic E-state index is 13.1. The highest BCUT2D eigenvalue weighted by atomic mass is 35.5. The van der Waals surface area contributed by atoms with Crippen molar-refractivity contribution in [1.82, 2.24) is 9.80 Å². The second-order valence-corrected chi connectivity index (χ2v) is 6.93. The molecule has 0 aliphatic carbocycles. The van der Waals surface area contributed by atoms with Gasteiger partial charge in [-0.15, -0.1) is 0 Å². The zero-order valence-corrected chi connectivity index (χ0v) is 15.8. The molecule has 0 radical (unpaired) electrons. The highest BCUT2D eigenvalue weighted by Crippen LogP contribution is 2.20. The minimum Gasteiger partial charge on any atom is -0.337 e. The number of hydrogen-bond acceptors (Lipinski definition) is 4. The van der Waals surface area contributed by atoms with E-state index in [0.717, 1.165) is 5.56 Å². The predicted molar refractivity (Wildman–Crippen MR) is 105 cm³/mol. The zero-order valence-electron chi connectivity index (χ0n) is 15.1. The molecule has 1 fully saturated rings. The van der Waals surface area contributed by atoms with Gasteiger partial charge in [-0.2, -0.15) is 0 Å². The molecule has 6 nitrogen and oxygen atoms in total. The number of piperazine rings is 1. The molecule has 0 spiro atoms. The third kappa shape index (κ3) is 5.15. The van der Waals surface area contributed by atoms with Crippen LogP contribution in [-0.4, -0.2) is 46.8 Å². The number of nitro benzene ring substituents is 1. The molecule has 0 saturated carbocycles. The minimum absolute atomic E-state index is 0.0114. The van der Waals surface area contributed by atoms with E-state index in [1.54, 1.807) is 29.2 Å². The van der Waals surface area contributed by atoms with Crippen molar-refractivity contribution in [3.63, 3.8) is 0 Å². The molecule has 146 valence electrons. The van der Waals surface area contributed by atoms with Crippen LogP contribution in [0.25, 0.3) is 6.08 Å². The van der Waals surface area contributed by atoms with Crippen molar-refractivity contribution in [2.45, 2.75) is 6.54 Å². The number of rotatable bonds is 5. The van der Waals surface area contributed by atoms with Gasteiger partial charge in [-0.3, -0.25) is 19.8 Å². The summed E-state index contributed by atoms with van der Waals surface area (Å²) in [4.78, 5) is 26.6. The molecule has 0 aromatic heterocycles. The number of carbonyl (C=O) groups is 1. The second kappa shape index (κ2) is 8.95. The maximum absolute atomic E-state index is 13.1. The number of carbonyl (C=O) groups excluding carboxylic acids is 1. The molecule has 2 aromatic carbocycles. The van der Waals surface area contributed by atoms with E-state index in [9.17, 15) is 19.3 Å². The first-order chi connectivity index (χ1) is 13.4. The van der Waals surface area contributed by atoms with Gasteiger partial charge in [-0.25, -0.2) is 4.39 Å². The van der Waals surface area contributed by atoms with Crippen molar-refractivity contribution >= 4 is 29.3 Å². The number of halogens is 2. The molecule has 1 aliphatic heterocycles. The van der Waals surface area contributed by atoms with E-state index < -0.39 is 4.92 Å². The Morgan fingerprint density at radius 1 is 1.18 bits per heavy atom. The summed E-state index contributed by atoms with van der Waals surface area (Å²) in [5.74, 6) is -0.495. The van der Waals surface area contributed by atoms with Crippen molar-refractivity contribution in [3.8, 4) is 0 Å². The second-order valence-electron chi connectivity index (χ2n) is 6.52. The largest absolute Gasteiger partial charge is 0.337 e. The molecule has 0 unspecified atom stereocenters. The number of amides is 1. The lowest BCUT2D eigenvalue weighted by molar-refractivity contribution is -0.384. The fourth-order valence-corrected chi connectivity index (χ4v) is 3.26. The Kier molecular flexibility index (Phi) is 6.38. The summed E-state index contributed by atoms with van der Waals surface area (Å²) in [6.45, 7) is 3.10. The monoisotopic (exact) mass is 403 g/mol. The van der Waals surface area contributed by atoms with Gasteiger partial charge in [-0.05, 0) is 29.3 Å².